The third kappa shape index (κ3) is 2.92. The van der Waals surface area contributed by atoms with E-state index in [1.54, 1.807) is 0 Å². The predicted octanol–water partition coefficient (Wildman–Crippen LogP) is 3.17. The summed E-state index contributed by atoms with van der Waals surface area (Å²) < 4.78 is 0. The van der Waals surface area contributed by atoms with Gasteiger partial charge in [0.15, 0.2) is 0 Å². The average Bonchev–Trinajstić information content (AvgIpc) is 2.38. The zero-order valence-corrected chi connectivity index (χ0v) is 10.4. The van der Waals surface area contributed by atoms with Gasteiger partial charge in [-0.2, -0.15) is 0 Å². The molecule has 0 spiro atoms. The van der Waals surface area contributed by atoms with E-state index >= 15 is 0 Å². The summed E-state index contributed by atoms with van der Waals surface area (Å²) in [5.74, 6) is 0. The van der Waals surface area contributed by atoms with E-state index in [0.717, 1.165) is 18.8 Å². The SMILES string of the molecule is CCNCc1ccc(C)cc1-c1ccccn1. The van der Waals surface area contributed by atoms with Gasteiger partial charge in [-0.05, 0) is 37.2 Å². The number of hydrogen-bond donors (Lipinski definition) is 1. The topological polar surface area (TPSA) is 24.9 Å². The molecule has 1 aromatic heterocycles. The molecule has 0 fully saturated rings. The van der Waals surface area contributed by atoms with Gasteiger partial charge in [0.1, 0.15) is 0 Å². The maximum atomic E-state index is 4.43. The Kier molecular flexibility index (Phi) is 3.89. The Hall–Kier alpha value is -1.67. The molecule has 0 saturated heterocycles. The van der Waals surface area contributed by atoms with Crippen LogP contribution in [0.25, 0.3) is 11.3 Å². The zero-order chi connectivity index (χ0) is 12.1. The van der Waals surface area contributed by atoms with Crippen molar-refractivity contribution in [3.8, 4) is 11.3 Å². The molecule has 0 aliphatic heterocycles. The zero-order valence-electron chi connectivity index (χ0n) is 10.4. The number of hydrogen-bond acceptors (Lipinski definition) is 2. The van der Waals surface area contributed by atoms with Crippen molar-refractivity contribution in [1.29, 1.82) is 0 Å². The molecule has 88 valence electrons. The van der Waals surface area contributed by atoms with Gasteiger partial charge >= 0.3 is 0 Å². The van der Waals surface area contributed by atoms with Gasteiger partial charge in [-0.25, -0.2) is 0 Å². The Morgan fingerprint density at radius 1 is 1.18 bits per heavy atom. The van der Waals surface area contributed by atoms with Crippen LogP contribution in [0, 0.1) is 6.92 Å². The summed E-state index contributed by atoms with van der Waals surface area (Å²) in [6.45, 7) is 6.11. The monoisotopic (exact) mass is 226 g/mol. The summed E-state index contributed by atoms with van der Waals surface area (Å²) in [6, 6.07) is 12.6. The van der Waals surface area contributed by atoms with Crippen LogP contribution in [0.5, 0.6) is 0 Å². The van der Waals surface area contributed by atoms with E-state index < -0.39 is 0 Å². The van der Waals surface area contributed by atoms with Crippen LogP contribution in [0.4, 0.5) is 0 Å². The molecule has 0 radical (unpaired) electrons. The van der Waals surface area contributed by atoms with E-state index in [9.17, 15) is 0 Å². The van der Waals surface area contributed by atoms with Gasteiger partial charge in [0.05, 0.1) is 5.69 Å². The standard InChI is InChI=1S/C15H18N2/c1-3-16-11-13-8-7-12(2)10-14(13)15-6-4-5-9-17-15/h4-10,16H,3,11H2,1-2H3. The minimum atomic E-state index is 0.892. The minimum Gasteiger partial charge on any atom is -0.313 e. The Morgan fingerprint density at radius 3 is 2.76 bits per heavy atom. The number of benzene rings is 1. The molecule has 0 atom stereocenters. The van der Waals surface area contributed by atoms with Crippen molar-refractivity contribution in [2.45, 2.75) is 20.4 Å². The van der Waals surface area contributed by atoms with Gasteiger partial charge in [-0.3, -0.25) is 4.98 Å². The molecule has 1 heterocycles. The van der Waals surface area contributed by atoms with Crippen LogP contribution >= 0.6 is 0 Å². The molecule has 0 aliphatic carbocycles. The molecule has 2 rings (SSSR count). The molecular formula is C15H18N2. The van der Waals surface area contributed by atoms with E-state index in [4.69, 9.17) is 0 Å². The molecule has 2 aromatic rings. The highest BCUT2D eigenvalue weighted by molar-refractivity contribution is 5.64. The summed E-state index contributed by atoms with van der Waals surface area (Å²) in [5, 5.41) is 3.37. The summed E-state index contributed by atoms with van der Waals surface area (Å²) >= 11 is 0. The first-order valence-corrected chi connectivity index (χ1v) is 6.03. The largest absolute Gasteiger partial charge is 0.313 e. The number of aromatic nitrogens is 1. The third-order valence-electron chi connectivity index (χ3n) is 2.77. The van der Waals surface area contributed by atoms with Gasteiger partial charge in [0, 0.05) is 18.3 Å². The van der Waals surface area contributed by atoms with Crippen LogP contribution in [0.15, 0.2) is 42.6 Å². The van der Waals surface area contributed by atoms with Crippen molar-refractivity contribution >= 4 is 0 Å². The maximum absolute atomic E-state index is 4.43. The third-order valence-corrected chi connectivity index (χ3v) is 2.77. The molecule has 2 heteroatoms. The highest BCUT2D eigenvalue weighted by Crippen LogP contribution is 2.22. The summed E-state index contributed by atoms with van der Waals surface area (Å²) in [6.07, 6.45) is 1.84. The van der Waals surface area contributed by atoms with Crippen molar-refractivity contribution in [2.75, 3.05) is 6.54 Å². The van der Waals surface area contributed by atoms with E-state index in [0.29, 0.717) is 0 Å². The van der Waals surface area contributed by atoms with Crippen LogP contribution in [0.3, 0.4) is 0 Å². The molecule has 0 aliphatic rings. The van der Waals surface area contributed by atoms with Gasteiger partial charge < -0.3 is 5.32 Å². The van der Waals surface area contributed by atoms with Crippen LogP contribution in [-0.2, 0) is 6.54 Å². The smallest absolute Gasteiger partial charge is 0.0705 e. The number of pyridine rings is 1. The normalized spacial score (nSPS) is 10.5. The maximum Gasteiger partial charge on any atom is 0.0705 e. The Balaban J connectivity index is 2.40. The molecule has 0 saturated carbocycles. The van der Waals surface area contributed by atoms with Crippen LogP contribution in [0.1, 0.15) is 18.1 Å². The van der Waals surface area contributed by atoms with E-state index in [1.165, 1.54) is 16.7 Å². The lowest BCUT2D eigenvalue weighted by Gasteiger charge is -2.10. The number of nitrogens with one attached hydrogen (secondary N) is 1. The molecule has 1 N–H and O–H groups in total. The highest BCUT2D eigenvalue weighted by atomic mass is 14.8. The molecular weight excluding hydrogens is 208 g/mol. The van der Waals surface area contributed by atoms with Crippen molar-refractivity contribution < 1.29 is 0 Å². The highest BCUT2D eigenvalue weighted by Gasteiger charge is 2.05. The fourth-order valence-corrected chi connectivity index (χ4v) is 1.86. The first-order chi connectivity index (χ1) is 8.31. The van der Waals surface area contributed by atoms with Gasteiger partial charge in [-0.15, -0.1) is 0 Å². The fourth-order valence-electron chi connectivity index (χ4n) is 1.86. The minimum absolute atomic E-state index is 0.892. The molecule has 1 aromatic carbocycles. The number of nitrogens with zero attached hydrogens (tertiary/aromatic N) is 1. The lowest BCUT2D eigenvalue weighted by atomic mass is 10.0. The van der Waals surface area contributed by atoms with Gasteiger partial charge in [0.25, 0.3) is 0 Å². The van der Waals surface area contributed by atoms with Crippen LogP contribution in [-0.4, -0.2) is 11.5 Å². The second kappa shape index (κ2) is 5.60. The van der Waals surface area contributed by atoms with Gasteiger partial charge in [0.2, 0.25) is 0 Å². The first-order valence-electron chi connectivity index (χ1n) is 6.03. The van der Waals surface area contributed by atoms with Crippen LogP contribution < -0.4 is 5.32 Å². The molecule has 0 unspecified atom stereocenters. The lowest BCUT2D eigenvalue weighted by molar-refractivity contribution is 0.727. The van der Waals surface area contributed by atoms with Crippen molar-refractivity contribution in [1.82, 2.24) is 10.3 Å². The second-order valence-electron chi connectivity index (χ2n) is 4.16. The molecule has 0 bridgehead atoms. The van der Waals surface area contributed by atoms with E-state index in [-0.39, 0.29) is 0 Å². The summed E-state index contributed by atoms with van der Waals surface area (Å²) in [7, 11) is 0. The molecule has 0 amide bonds. The number of aryl methyl sites for hydroxylation is 1. The number of rotatable bonds is 4. The fraction of sp³-hybridized carbons (Fsp3) is 0.267. The van der Waals surface area contributed by atoms with Crippen molar-refractivity contribution in [3.63, 3.8) is 0 Å². The van der Waals surface area contributed by atoms with Crippen LogP contribution in [0.2, 0.25) is 0 Å². The second-order valence-corrected chi connectivity index (χ2v) is 4.16. The quantitative estimate of drug-likeness (QED) is 0.866. The van der Waals surface area contributed by atoms with E-state index in [1.807, 2.05) is 18.3 Å². The van der Waals surface area contributed by atoms with Crippen molar-refractivity contribution in [3.05, 3.63) is 53.7 Å². The molecule has 2 nitrogen and oxygen atoms in total. The summed E-state index contributed by atoms with van der Waals surface area (Å²) in [5.41, 5.74) is 4.85. The average molecular weight is 226 g/mol. The Bertz CT molecular complexity index is 478. The summed E-state index contributed by atoms with van der Waals surface area (Å²) in [4.78, 5) is 4.43. The van der Waals surface area contributed by atoms with E-state index in [2.05, 4.69) is 48.4 Å². The Morgan fingerprint density at radius 2 is 2.06 bits per heavy atom. The van der Waals surface area contributed by atoms with Gasteiger partial charge in [-0.1, -0.05) is 30.7 Å². The Labute approximate surface area is 103 Å². The first kappa shape index (κ1) is 11.8. The predicted molar refractivity (Wildman–Crippen MR) is 71.8 cm³/mol. The van der Waals surface area contributed by atoms with Crippen molar-refractivity contribution in [2.24, 2.45) is 0 Å². The lowest BCUT2D eigenvalue weighted by Crippen LogP contribution is -2.12. The molecule has 17 heavy (non-hydrogen) atoms.